The fourth-order valence-corrected chi connectivity index (χ4v) is 2.16. The third-order valence-corrected chi connectivity index (χ3v) is 3.62. The fourth-order valence-electron chi connectivity index (χ4n) is 2.16. The number of hydrogen-bond acceptors (Lipinski definition) is 2. The third kappa shape index (κ3) is 3.39. The van der Waals surface area contributed by atoms with Crippen molar-refractivity contribution in [3.05, 3.63) is 59.2 Å². The highest BCUT2D eigenvalue weighted by atomic mass is 19.2. The zero-order chi connectivity index (χ0) is 14.8. The molecular weight excluding hydrogens is 272 g/mol. The van der Waals surface area contributed by atoms with Crippen molar-refractivity contribution in [2.24, 2.45) is 0 Å². The van der Waals surface area contributed by atoms with Crippen LogP contribution >= 0.6 is 0 Å². The Morgan fingerprint density at radius 2 is 2.00 bits per heavy atom. The van der Waals surface area contributed by atoms with Gasteiger partial charge in [0, 0.05) is 12.6 Å². The minimum absolute atomic E-state index is 0.0988. The van der Waals surface area contributed by atoms with E-state index in [9.17, 15) is 8.78 Å². The van der Waals surface area contributed by atoms with Crippen molar-refractivity contribution in [1.29, 1.82) is 0 Å². The standard InChI is InChI=1S/C17H17F2NO/c1-11-9-14(8-5-12(11)10-20-13-6-7-13)21-16-4-2-3-15(18)17(16)19/h2-5,8-9,13,20H,6-7,10H2,1H3. The van der Waals surface area contributed by atoms with E-state index < -0.39 is 11.6 Å². The summed E-state index contributed by atoms with van der Waals surface area (Å²) in [5, 5.41) is 3.45. The van der Waals surface area contributed by atoms with Gasteiger partial charge in [0.2, 0.25) is 5.82 Å². The molecule has 1 saturated carbocycles. The Bertz CT molecular complexity index is 653. The molecule has 0 aromatic heterocycles. The maximum Gasteiger partial charge on any atom is 0.201 e. The van der Waals surface area contributed by atoms with Crippen molar-refractivity contribution in [3.8, 4) is 11.5 Å². The lowest BCUT2D eigenvalue weighted by Gasteiger charge is -2.11. The Kier molecular flexibility index (Phi) is 3.88. The van der Waals surface area contributed by atoms with Crippen LogP contribution in [-0.4, -0.2) is 6.04 Å². The van der Waals surface area contributed by atoms with Gasteiger partial charge in [0.25, 0.3) is 0 Å². The number of nitrogens with one attached hydrogen (secondary N) is 1. The van der Waals surface area contributed by atoms with Gasteiger partial charge in [-0.3, -0.25) is 0 Å². The molecular formula is C17H17F2NO. The number of rotatable bonds is 5. The fraction of sp³-hybridized carbons (Fsp3) is 0.294. The molecule has 0 aliphatic heterocycles. The molecule has 2 aromatic carbocycles. The minimum Gasteiger partial charge on any atom is -0.454 e. The van der Waals surface area contributed by atoms with Crippen LogP contribution in [0.25, 0.3) is 0 Å². The van der Waals surface area contributed by atoms with Crippen molar-refractivity contribution in [2.45, 2.75) is 32.4 Å². The van der Waals surface area contributed by atoms with E-state index in [2.05, 4.69) is 5.32 Å². The summed E-state index contributed by atoms with van der Waals surface area (Å²) in [6.45, 7) is 2.81. The van der Waals surface area contributed by atoms with Gasteiger partial charge in [-0.05, 0) is 55.2 Å². The number of halogens is 2. The van der Waals surface area contributed by atoms with E-state index in [1.807, 2.05) is 19.1 Å². The Morgan fingerprint density at radius 1 is 1.19 bits per heavy atom. The summed E-state index contributed by atoms with van der Waals surface area (Å²) in [4.78, 5) is 0. The Hall–Kier alpha value is -1.94. The highest BCUT2D eigenvalue weighted by Gasteiger charge is 2.20. The molecule has 110 valence electrons. The first-order valence-corrected chi connectivity index (χ1v) is 7.08. The largest absolute Gasteiger partial charge is 0.454 e. The maximum absolute atomic E-state index is 13.6. The van der Waals surface area contributed by atoms with E-state index >= 15 is 0 Å². The molecule has 2 nitrogen and oxygen atoms in total. The summed E-state index contributed by atoms with van der Waals surface area (Å²) in [6, 6.07) is 10.1. The number of ether oxygens (including phenoxy) is 1. The molecule has 0 bridgehead atoms. The average molecular weight is 289 g/mol. The topological polar surface area (TPSA) is 21.3 Å². The molecule has 3 rings (SSSR count). The van der Waals surface area contributed by atoms with Crippen LogP contribution in [0.3, 0.4) is 0 Å². The lowest BCUT2D eigenvalue weighted by molar-refractivity contribution is 0.415. The summed E-state index contributed by atoms with van der Waals surface area (Å²) in [5.41, 5.74) is 2.26. The molecule has 4 heteroatoms. The number of aryl methyl sites for hydroxylation is 1. The lowest BCUT2D eigenvalue weighted by atomic mass is 10.1. The SMILES string of the molecule is Cc1cc(Oc2cccc(F)c2F)ccc1CNC1CC1. The first-order valence-electron chi connectivity index (χ1n) is 7.08. The van der Waals surface area contributed by atoms with Gasteiger partial charge < -0.3 is 10.1 Å². The molecule has 0 amide bonds. The number of benzene rings is 2. The Labute approximate surface area is 122 Å². The lowest BCUT2D eigenvalue weighted by Crippen LogP contribution is -2.15. The second-order valence-corrected chi connectivity index (χ2v) is 5.40. The molecule has 1 fully saturated rings. The quantitative estimate of drug-likeness (QED) is 0.885. The first-order chi connectivity index (χ1) is 10.1. The van der Waals surface area contributed by atoms with Gasteiger partial charge in [-0.25, -0.2) is 4.39 Å². The normalized spacial score (nSPS) is 14.2. The third-order valence-electron chi connectivity index (χ3n) is 3.62. The summed E-state index contributed by atoms with van der Waals surface area (Å²) < 4.78 is 32.1. The van der Waals surface area contributed by atoms with Crippen molar-refractivity contribution in [2.75, 3.05) is 0 Å². The molecule has 0 atom stereocenters. The molecule has 0 radical (unpaired) electrons. The van der Waals surface area contributed by atoms with Gasteiger partial charge in [-0.2, -0.15) is 4.39 Å². The van der Waals surface area contributed by atoms with Crippen LogP contribution in [0.2, 0.25) is 0 Å². The van der Waals surface area contributed by atoms with Crippen molar-refractivity contribution < 1.29 is 13.5 Å². The second-order valence-electron chi connectivity index (χ2n) is 5.40. The molecule has 21 heavy (non-hydrogen) atoms. The highest BCUT2D eigenvalue weighted by Crippen LogP contribution is 2.27. The minimum atomic E-state index is -0.963. The van der Waals surface area contributed by atoms with Crippen LogP contribution in [0, 0.1) is 18.6 Å². The van der Waals surface area contributed by atoms with Gasteiger partial charge in [-0.15, -0.1) is 0 Å². The van der Waals surface area contributed by atoms with Gasteiger partial charge in [0.05, 0.1) is 0 Å². The smallest absolute Gasteiger partial charge is 0.201 e. The molecule has 0 saturated heterocycles. The Balaban J connectivity index is 1.73. The predicted molar refractivity (Wildman–Crippen MR) is 77.5 cm³/mol. The van der Waals surface area contributed by atoms with Gasteiger partial charge in [0.1, 0.15) is 5.75 Å². The molecule has 0 unspecified atom stereocenters. The number of hydrogen-bond donors (Lipinski definition) is 1. The maximum atomic E-state index is 13.6. The zero-order valence-electron chi connectivity index (χ0n) is 11.8. The van der Waals surface area contributed by atoms with E-state index in [1.54, 1.807) is 6.07 Å². The predicted octanol–water partition coefficient (Wildman–Crippen LogP) is 4.32. The van der Waals surface area contributed by atoms with Crippen molar-refractivity contribution in [1.82, 2.24) is 5.32 Å². The van der Waals surface area contributed by atoms with E-state index in [0.717, 1.165) is 18.2 Å². The average Bonchev–Trinajstić information content (AvgIpc) is 3.27. The van der Waals surface area contributed by atoms with Crippen LogP contribution in [0.4, 0.5) is 8.78 Å². The van der Waals surface area contributed by atoms with Gasteiger partial charge >= 0.3 is 0 Å². The monoisotopic (exact) mass is 289 g/mol. The zero-order valence-corrected chi connectivity index (χ0v) is 11.8. The molecule has 1 aliphatic rings. The van der Waals surface area contributed by atoms with Crippen LogP contribution in [0.15, 0.2) is 36.4 Å². The summed E-state index contributed by atoms with van der Waals surface area (Å²) in [6.07, 6.45) is 2.50. The summed E-state index contributed by atoms with van der Waals surface area (Å²) in [5.74, 6) is -1.46. The summed E-state index contributed by atoms with van der Waals surface area (Å²) >= 11 is 0. The van der Waals surface area contributed by atoms with Crippen LogP contribution in [0.5, 0.6) is 11.5 Å². The first kappa shape index (κ1) is 14.0. The van der Waals surface area contributed by atoms with E-state index in [1.165, 1.54) is 30.5 Å². The summed E-state index contributed by atoms with van der Waals surface area (Å²) in [7, 11) is 0. The van der Waals surface area contributed by atoms with Crippen molar-refractivity contribution >= 4 is 0 Å². The van der Waals surface area contributed by atoms with Crippen LogP contribution < -0.4 is 10.1 Å². The Morgan fingerprint density at radius 3 is 2.71 bits per heavy atom. The van der Waals surface area contributed by atoms with E-state index in [0.29, 0.717) is 11.8 Å². The molecule has 2 aromatic rings. The van der Waals surface area contributed by atoms with E-state index in [4.69, 9.17) is 4.74 Å². The molecule has 0 heterocycles. The second kappa shape index (κ2) is 5.82. The molecule has 1 aliphatic carbocycles. The van der Waals surface area contributed by atoms with Crippen LogP contribution in [0.1, 0.15) is 24.0 Å². The highest BCUT2D eigenvalue weighted by molar-refractivity contribution is 5.38. The van der Waals surface area contributed by atoms with Crippen molar-refractivity contribution in [3.63, 3.8) is 0 Å². The molecule has 1 N–H and O–H groups in total. The van der Waals surface area contributed by atoms with Crippen LogP contribution in [-0.2, 0) is 6.54 Å². The van der Waals surface area contributed by atoms with Gasteiger partial charge in [-0.1, -0.05) is 12.1 Å². The van der Waals surface area contributed by atoms with Gasteiger partial charge in [0.15, 0.2) is 11.6 Å². The molecule has 0 spiro atoms. The van der Waals surface area contributed by atoms with E-state index in [-0.39, 0.29) is 5.75 Å².